The molecular formula is C22H30N4O5. The number of aliphatic hydroxyl groups excluding tert-OH is 1. The maximum atomic E-state index is 12.7. The van der Waals surface area contributed by atoms with Gasteiger partial charge in [-0.25, -0.2) is 0 Å². The van der Waals surface area contributed by atoms with Crippen LogP contribution in [0.2, 0.25) is 0 Å². The Kier molecular flexibility index (Phi) is 6.27. The Morgan fingerprint density at radius 3 is 2.90 bits per heavy atom. The van der Waals surface area contributed by atoms with E-state index in [1.165, 1.54) is 0 Å². The van der Waals surface area contributed by atoms with Gasteiger partial charge in [-0.2, -0.15) is 4.98 Å². The van der Waals surface area contributed by atoms with Crippen molar-refractivity contribution in [2.24, 2.45) is 0 Å². The van der Waals surface area contributed by atoms with E-state index < -0.39 is 11.6 Å². The molecule has 2 atom stereocenters. The second-order valence-electron chi connectivity index (χ2n) is 8.61. The number of piperidine rings is 1. The van der Waals surface area contributed by atoms with Crippen molar-refractivity contribution in [3.63, 3.8) is 0 Å². The van der Waals surface area contributed by atoms with E-state index in [-0.39, 0.29) is 24.5 Å². The Bertz CT molecular complexity index is 911. The summed E-state index contributed by atoms with van der Waals surface area (Å²) < 4.78 is 16.7. The Morgan fingerprint density at radius 2 is 2.13 bits per heavy atom. The Morgan fingerprint density at radius 1 is 1.35 bits per heavy atom. The third-order valence-electron chi connectivity index (χ3n) is 6.29. The van der Waals surface area contributed by atoms with E-state index in [2.05, 4.69) is 20.8 Å². The molecule has 3 heterocycles. The van der Waals surface area contributed by atoms with Gasteiger partial charge in [0, 0.05) is 19.3 Å². The summed E-state index contributed by atoms with van der Waals surface area (Å²) in [4.78, 5) is 17.1. The molecule has 2 fully saturated rings. The predicted molar refractivity (Wildman–Crippen MR) is 113 cm³/mol. The van der Waals surface area contributed by atoms with E-state index in [9.17, 15) is 9.90 Å². The lowest BCUT2D eigenvalue weighted by molar-refractivity contribution is -0.174. The Labute approximate surface area is 181 Å². The molecule has 1 aromatic carbocycles. The number of methoxy groups -OCH3 is 1. The van der Waals surface area contributed by atoms with Crippen LogP contribution in [0.25, 0.3) is 11.4 Å². The van der Waals surface area contributed by atoms with Gasteiger partial charge in [-0.3, -0.25) is 4.79 Å². The first kappa shape index (κ1) is 21.7. The number of carbonyl (C=O) groups excluding carboxylic acids is 1. The summed E-state index contributed by atoms with van der Waals surface area (Å²) in [6.45, 7) is 3.88. The molecule has 1 amide bonds. The highest BCUT2D eigenvalue weighted by atomic mass is 16.5. The fourth-order valence-electron chi connectivity index (χ4n) is 4.51. The summed E-state index contributed by atoms with van der Waals surface area (Å²) in [6, 6.07) is 7.42. The van der Waals surface area contributed by atoms with E-state index >= 15 is 0 Å². The summed E-state index contributed by atoms with van der Waals surface area (Å²) >= 11 is 0. The van der Waals surface area contributed by atoms with E-state index in [0.717, 1.165) is 31.5 Å². The number of nitrogens with one attached hydrogen (secondary N) is 2. The highest BCUT2D eigenvalue weighted by molar-refractivity contribution is 5.77. The number of amides is 1. The standard InChI is InChI=1S/C22H30N4O5/c1-21(14-22(30-13-17(21)27)9-11-23-12-10-22)25-18(28)7-8-19-24-20(26-31-19)15-5-3-4-6-16(15)29-2/h3-6,17,23,27H,7-14H2,1-2H3,(H,25,28)/t17-,21-/m0/s1. The van der Waals surface area contributed by atoms with Gasteiger partial charge in [-0.05, 0) is 45.0 Å². The Hall–Kier alpha value is -2.49. The predicted octanol–water partition coefficient (Wildman–Crippen LogP) is 1.46. The van der Waals surface area contributed by atoms with Crippen LogP contribution in [0.5, 0.6) is 5.75 Å². The average molecular weight is 431 g/mol. The van der Waals surface area contributed by atoms with Crippen molar-refractivity contribution < 1.29 is 23.9 Å². The molecule has 2 aliphatic rings. The number of aliphatic hydroxyl groups is 1. The number of nitrogens with zero attached hydrogens (tertiary/aromatic N) is 2. The summed E-state index contributed by atoms with van der Waals surface area (Å²) in [7, 11) is 1.59. The van der Waals surface area contributed by atoms with Gasteiger partial charge < -0.3 is 29.7 Å². The number of carbonyl (C=O) groups is 1. The molecule has 2 aromatic rings. The molecule has 2 saturated heterocycles. The van der Waals surface area contributed by atoms with Gasteiger partial charge in [0.15, 0.2) is 0 Å². The lowest BCUT2D eigenvalue weighted by Crippen LogP contribution is -2.65. The molecule has 1 aromatic heterocycles. The highest BCUT2D eigenvalue weighted by Crippen LogP contribution is 2.38. The number of hydrogen-bond acceptors (Lipinski definition) is 8. The summed E-state index contributed by atoms with van der Waals surface area (Å²) in [5.41, 5.74) is -0.290. The number of aromatic nitrogens is 2. The molecule has 0 aliphatic carbocycles. The SMILES string of the molecule is COc1ccccc1-c1noc(CCC(=O)N[C@@]2(C)CC3(CCNCC3)OC[C@@H]2O)n1. The molecule has 9 nitrogen and oxygen atoms in total. The zero-order valence-corrected chi connectivity index (χ0v) is 18.0. The zero-order chi connectivity index (χ0) is 21.9. The van der Waals surface area contributed by atoms with E-state index in [0.29, 0.717) is 30.3 Å². The fourth-order valence-corrected chi connectivity index (χ4v) is 4.51. The molecule has 9 heteroatoms. The molecule has 4 rings (SSSR count). The van der Waals surface area contributed by atoms with E-state index in [1.54, 1.807) is 7.11 Å². The molecule has 1 spiro atoms. The number of benzene rings is 1. The van der Waals surface area contributed by atoms with Crippen molar-refractivity contribution in [3.8, 4) is 17.1 Å². The summed E-state index contributed by atoms with van der Waals surface area (Å²) in [6.07, 6.45) is 2.08. The van der Waals surface area contributed by atoms with Crippen molar-refractivity contribution in [2.75, 3.05) is 26.8 Å². The molecule has 168 valence electrons. The van der Waals surface area contributed by atoms with Gasteiger partial charge in [-0.15, -0.1) is 0 Å². The second-order valence-corrected chi connectivity index (χ2v) is 8.61. The first-order valence-electron chi connectivity index (χ1n) is 10.7. The third-order valence-corrected chi connectivity index (χ3v) is 6.29. The van der Waals surface area contributed by atoms with Gasteiger partial charge in [0.25, 0.3) is 0 Å². The number of aryl methyl sites for hydroxylation is 1. The minimum atomic E-state index is -0.752. The summed E-state index contributed by atoms with van der Waals surface area (Å²) in [5, 5.41) is 20.9. The molecule has 0 saturated carbocycles. The first-order chi connectivity index (χ1) is 14.9. The van der Waals surface area contributed by atoms with Crippen LogP contribution in [0, 0.1) is 0 Å². The molecular weight excluding hydrogens is 400 g/mol. The van der Waals surface area contributed by atoms with Crippen molar-refractivity contribution >= 4 is 5.91 Å². The van der Waals surface area contributed by atoms with Gasteiger partial charge in [0.1, 0.15) is 11.9 Å². The number of hydrogen-bond donors (Lipinski definition) is 3. The molecule has 0 bridgehead atoms. The molecule has 31 heavy (non-hydrogen) atoms. The van der Waals surface area contributed by atoms with Crippen LogP contribution in [-0.2, 0) is 16.0 Å². The van der Waals surface area contributed by atoms with Gasteiger partial charge in [-0.1, -0.05) is 17.3 Å². The van der Waals surface area contributed by atoms with Gasteiger partial charge in [0.2, 0.25) is 17.6 Å². The number of rotatable bonds is 6. The lowest BCUT2D eigenvalue weighted by Gasteiger charge is -2.50. The largest absolute Gasteiger partial charge is 0.496 e. The van der Waals surface area contributed by atoms with Crippen molar-refractivity contribution in [2.45, 2.75) is 56.3 Å². The molecule has 0 radical (unpaired) electrons. The third kappa shape index (κ3) is 4.73. The quantitative estimate of drug-likeness (QED) is 0.630. The van der Waals surface area contributed by atoms with E-state index in [1.807, 2.05) is 31.2 Å². The maximum Gasteiger partial charge on any atom is 0.227 e. The maximum absolute atomic E-state index is 12.7. The van der Waals surface area contributed by atoms with E-state index in [4.69, 9.17) is 14.0 Å². The lowest BCUT2D eigenvalue weighted by atomic mass is 9.75. The van der Waals surface area contributed by atoms with Crippen LogP contribution in [0.4, 0.5) is 0 Å². The topological polar surface area (TPSA) is 119 Å². The smallest absolute Gasteiger partial charge is 0.227 e. The zero-order valence-electron chi connectivity index (χ0n) is 18.0. The van der Waals surface area contributed by atoms with Crippen LogP contribution in [-0.4, -0.2) is 65.2 Å². The van der Waals surface area contributed by atoms with Crippen LogP contribution in [0.3, 0.4) is 0 Å². The monoisotopic (exact) mass is 430 g/mol. The average Bonchev–Trinajstić information content (AvgIpc) is 3.25. The van der Waals surface area contributed by atoms with Crippen molar-refractivity contribution in [1.29, 1.82) is 0 Å². The minimum absolute atomic E-state index is 0.162. The minimum Gasteiger partial charge on any atom is -0.496 e. The summed E-state index contributed by atoms with van der Waals surface area (Å²) in [5.74, 6) is 1.29. The molecule has 3 N–H and O–H groups in total. The fraction of sp³-hybridized carbons (Fsp3) is 0.591. The number of ether oxygens (including phenoxy) is 2. The normalized spacial score (nSPS) is 25.3. The van der Waals surface area contributed by atoms with Crippen LogP contribution >= 0.6 is 0 Å². The van der Waals surface area contributed by atoms with Crippen LogP contribution in [0.15, 0.2) is 28.8 Å². The van der Waals surface area contributed by atoms with Crippen LogP contribution < -0.4 is 15.4 Å². The Balaban J connectivity index is 1.36. The van der Waals surface area contributed by atoms with Gasteiger partial charge >= 0.3 is 0 Å². The van der Waals surface area contributed by atoms with Crippen LogP contribution in [0.1, 0.15) is 38.5 Å². The second kappa shape index (κ2) is 8.94. The molecule has 0 unspecified atom stereocenters. The molecule has 2 aliphatic heterocycles. The number of para-hydroxylation sites is 1. The van der Waals surface area contributed by atoms with Gasteiger partial charge in [0.05, 0.1) is 30.4 Å². The van der Waals surface area contributed by atoms with Crippen molar-refractivity contribution in [3.05, 3.63) is 30.2 Å². The van der Waals surface area contributed by atoms with Crippen molar-refractivity contribution in [1.82, 2.24) is 20.8 Å². The highest BCUT2D eigenvalue weighted by Gasteiger charge is 2.49. The first-order valence-corrected chi connectivity index (χ1v) is 10.7.